The first-order valence-corrected chi connectivity index (χ1v) is 9.25. The Bertz CT molecular complexity index is 489. The highest BCUT2D eigenvalue weighted by atomic mass is 16.3. The minimum Gasteiger partial charge on any atom is -0.393 e. The Morgan fingerprint density at radius 3 is 2.41 bits per heavy atom. The van der Waals surface area contributed by atoms with Crippen LogP contribution < -0.4 is 0 Å². The Hall–Kier alpha value is -0.410. The van der Waals surface area contributed by atoms with Crippen molar-refractivity contribution >= 4 is 5.78 Å². The molecule has 0 amide bonds. The maximum atomic E-state index is 13.0. The van der Waals surface area contributed by atoms with E-state index in [2.05, 4.69) is 13.8 Å². The van der Waals surface area contributed by atoms with E-state index in [1.165, 1.54) is 0 Å². The molecular formula is C19H30O3. The van der Waals surface area contributed by atoms with Crippen LogP contribution in [-0.4, -0.2) is 28.2 Å². The van der Waals surface area contributed by atoms with Gasteiger partial charge in [-0.05, 0) is 73.5 Å². The molecular weight excluding hydrogens is 276 g/mol. The molecule has 8 atom stereocenters. The summed E-state index contributed by atoms with van der Waals surface area (Å²) in [6.45, 7) is 4.61. The third-order valence-corrected chi connectivity index (χ3v) is 8.39. The van der Waals surface area contributed by atoms with E-state index in [0.29, 0.717) is 30.0 Å². The van der Waals surface area contributed by atoms with E-state index in [4.69, 9.17) is 0 Å². The van der Waals surface area contributed by atoms with Crippen LogP contribution >= 0.6 is 0 Å². The van der Waals surface area contributed by atoms with Crippen LogP contribution in [0.4, 0.5) is 0 Å². The fourth-order valence-electron chi connectivity index (χ4n) is 6.88. The summed E-state index contributed by atoms with van der Waals surface area (Å²) in [6.07, 6.45) is 7.07. The van der Waals surface area contributed by atoms with Gasteiger partial charge in [0.25, 0.3) is 0 Å². The van der Waals surface area contributed by atoms with Crippen LogP contribution in [0.25, 0.3) is 0 Å². The minimum atomic E-state index is -0.218. The summed E-state index contributed by atoms with van der Waals surface area (Å²) in [5.74, 6) is 1.85. The van der Waals surface area contributed by atoms with Gasteiger partial charge in [-0.3, -0.25) is 4.79 Å². The monoisotopic (exact) mass is 306 g/mol. The van der Waals surface area contributed by atoms with E-state index in [1.54, 1.807) is 0 Å². The van der Waals surface area contributed by atoms with Crippen LogP contribution in [0.2, 0.25) is 0 Å². The number of fused-ring (bicyclic) bond motifs is 5. The average Bonchev–Trinajstić information content (AvgIpc) is 2.77. The molecule has 4 rings (SSSR count). The van der Waals surface area contributed by atoms with E-state index in [-0.39, 0.29) is 29.0 Å². The first kappa shape index (κ1) is 15.1. The number of aliphatic hydroxyl groups is 2. The standard InChI is InChI=1S/C19H30O3/c1-18-7-5-12(20)9-11(18)10-15(21)17-13-3-4-16(22)19(13,2)8-6-14(17)18/h11-14,16-17,20,22H,3-10H2,1-2H3/t11?,12?,13-,14+,16?,17-,18-,19-/m0/s1. The molecule has 0 heterocycles. The number of ketones is 1. The number of carbonyl (C=O) groups is 1. The van der Waals surface area contributed by atoms with E-state index in [9.17, 15) is 15.0 Å². The lowest BCUT2D eigenvalue weighted by molar-refractivity contribution is -0.162. The number of aliphatic hydroxyl groups excluding tert-OH is 2. The van der Waals surface area contributed by atoms with Gasteiger partial charge in [0.2, 0.25) is 0 Å². The summed E-state index contributed by atoms with van der Waals surface area (Å²) in [7, 11) is 0. The first-order valence-electron chi connectivity index (χ1n) is 9.25. The van der Waals surface area contributed by atoms with Gasteiger partial charge < -0.3 is 10.2 Å². The Morgan fingerprint density at radius 2 is 1.64 bits per heavy atom. The topological polar surface area (TPSA) is 57.5 Å². The molecule has 0 aliphatic heterocycles. The van der Waals surface area contributed by atoms with Crippen molar-refractivity contribution < 1.29 is 15.0 Å². The first-order chi connectivity index (χ1) is 10.4. The van der Waals surface area contributed by atoms with Gasteiger partial charge in [-0.1, -0.05) is 13.8 Å². The van der Waals surface area contributed by atoms with Gasteiger partial charge >= 0.3 is 0 Å². The molecule has 0 aromatic rings. The predicted molar refractivity (Wildman–Crippen MR) is 84.1 cm³/mol. The molecule has 0 aromatic carbocycles. The van der Waals surface area contributed by atoms with Crippen LogP contribution in [0.15, 0.2) is 0 Å². The van der Waals surface area contributed by atoms with E-state index in [1.807, 2.05) is 0 Å². The lowest BCUT2D eigenvalue weighted by Gasteiger charge is -2.59. The number of carbonyl (C=O) groups excluding carboxylic acids is 1. The fourth-order valence-corrected chi connectivity index (χ4v) is 6.88. The molecule has 4 saturated carbocycles. The summed E-state index contributed by atoms with van der Waals surface area (Å²) in [5, 5.41) is 20.5. The highest BCUT2D eigenvalue weighted by molar-refractivity contribution is 5.83. The summed E-state index contributed by atoms with van der Waals surface area (Å²) in [5.41, 5.74) is 0.195. The van der Waals surface area contributed by atoms with Crippen molar-refractivity contribution in [3.63, 3.8) is 0 Å². The van der Waals surface area contributed by atoms with Crippen molar-refractivity contribution in [3.8, 4) is 0 Å². The predicted octanol–water partition coefficient (Wildman–Crippen LogP) is 2.93. The van der Waals surface area contributed by atoms with Gasteiger partial charge in [-0.2, -0.15) is 0 Å². The third-order valence-electron chi connectivity index (χ3n) is 8.39. The maximum Gasteiger partial charge on any atom is 0.136 e. The van der Waals surface area contributed by atoms with Crippen LogP contribution in [0.5, 0.6) is 0 Å². The number of hydrogen-bond acceptors (Lipinski definition) is 3. The molecule has 0 saturated heterocycles. The lowest BCUT2D eigenvalue weighted by Crippen LogP contribution is -2.57. The molecule has 0 spiro atoms. The lowest BCUT2D eigenvalue weighted by atomic mass is 9.45. The van der Waals surface area contributed by atoms with Crippen molar-refractivity contribution in [2.24, 2.45) is 34.5 Å². The number of rotatable bonds is 0. The summed E-state index contributed by atoms with van der Waals surface area (Å²) in [4.78, 5) is 13.0. The van der Waals surface area contributed by atoms with E-state index >= 15 is 0 Å². The number of Topliss-reactive ketones (excluding diaryl/α,β-unsaturated/α-hetero) is 1. The zero-order valence-corrected chi connectivity index (χ0v) is 13.9. The van der Waals surface area contributed by atoms with Crippen molar-refractivity contribution in [1.82, 2.24) is 0 Å². The SMILES string of the molecule is C[C@]12CCC(O)CC1CC(=O)[C@@H]1[C@H]2CC[C@]2(C)C(O)CC[C@@H]12. The Morgan fingerprint density at radius 1 is 0.955 bits per heavy atom. The Balaban J connectivity index is 1.69. The molecule has 4 fully saturated rings. The second-order valence-corrected chi connectivity index (χ2v) is 9.18. The molecule has 0 radical (unpaired) electrons. The molecule has 4 aliphatic carbocycles. The van der Waals surface area contributed by atoms with Crippen LogP contribution in [0.1, 0.15) is 65.2 Å². The van der Waals surface area contributed by atoms with Crippen molar-refractivity contribution in [3.05, 3.63) is 0 Å². The summed E-state index contributed by atoms with van der Waals surface area (Å²) in [6, 6.07) is 0. The van der Waals surface area contributed by atoms with Gasteiger partial charge in [0, 0.05) is 12.3 Å². The molecule has 22 heavy (non-hydrogen) atoms. The van der Waals surface area contributed by atoms with Gasteiger partial charge in [0.15, 0.2) is 0 Å². The highest BCUT2D eigenvalue weighted by Gasteiger charge is 2.62. The molecule has 3 heteroatoms. The third kappa shape index (κ3) is 1.84. The zero-order chi connectivity index (χ0) is 15.7. The Kier molecular flexibility index (Phi) is 3.30. The largest absolute Gasteiger partial charge is 0.393 e. The molecule has 4 aliphatic rings. The van der Waals surface area contributed by atoms with Crippen LogP contribution in [-0.2, 0) is 4.79 Å². The summed E-state index contributed by atoms with van der Waals surface area (Å²) < 4.78 is 0. The van der Waals surface area contributed by atoms with Gasteiger partial charge in [-0.15, -0.1) is 0 Å². The minimum absolute atomic E-state index is 0.0335. The average molecular weight is 306 g/mol. The van der Waals surface area contributed by atoms with Crippen molar-refractivity contribution in [1.29, 1.82) is 0 Å². The second kappa shape index (κ2) is 4.80. The summed E-state index contributed by atoms with van der Waals surface area (Å²) >= 11 is 0. The van der Waals surface area contributed by atoms with Crippen molar-refractivity contribution in [2.75, 3.05) is 0 Å². The second-order valence-electron chi connectivity index (χ2n) is 9.18. The van der Waals surface area contributed by atoms with E-state index < -0.39 is 0 Å². The maximum absolute atomic E-state index is 13.0. The quantitative estimate of drug-likeness (QED) is 0.723. The zero-order valence-electron chi connectivity index (χ0n) is 13.9. The molecule has 3 unspecified atom stereocenters. The van der Waals surface area contributed by atoms with Gasteiger partial charge in [0.1, 0.15) is 5.78 Å². The smallest absolute Gasteiger partial charge is 0.136 e. The van der Waals surface area contributed by atoms with Crippen LogP contribution in [0, 0.1) is 34.5 Å². The molecule has 0 bridgehead atoms. The van der Waals surface area contributed by atoms with E-state index in [0.717, 1.165) is 44.9 Å². The van der Waals surface area contributed by atoms with Gasteiger partial charge in [0.05, 0.1) is 12.2 Å². The molecule has 0 aromatic heterocycles. The molecule has 124 valence electrons. The van der Waals surface area contributed by atoms with Gasteiger partial charge in [-0.25, -0.2) is 0 Å². The molecule has 2 N–H and O–H groups in total. The molecule has 3 nitrogen and oxygen atoms in total. The normalized spacial score (nSPS) is 57.9. The fraction of sp³-hybridized carbons (Fsp3) is 0.947. The van der Waals surface area contributed by atoms with Crippen LogP contribution in [0.3, 0.4) is 0 Å². The highest BCUT2D eigenvalue weighted by Crippen LogP contribution is 2.65. The number of hydrogen-bond donors (Lipinski definition) is 2. The Labute approximate surface area is 133 Å². The van der Waals surface area contributed by atoms with Crippen molar-refractivity contribution in [2.45, 2.75) is 77.4 Å².